The molecule has 1 heterocycles. The van der Waals surface area contributed by atoms with Crippen LogP contribution >= 0.6 is 0 Å². The molecule has 3 atom stereocenters. The maximum Gasteiger partial charge on any atom is 0.432 e. The van der Waals surface area contributed by atoms with Gasteiger partial charge in [-0.05, 0) is 11.6 Å². The number of hydrogen-bond acceptors (Lipinski definition) is 5. The van der Waals surface area contributed by atoms with E-state index in [0.717, 1.165) is 37.3 Å². The quantitative estimate of drug-likeness (QED) is 0.539. The molecule has 3 aromatic rings. The smallest absolute Gasteiger partial charge is 0.432 e. The molecule has 0 radical (unpaired) electrons. The van der Waals surface area contributed by atoms with Gasteiger partial charge in [-0.2, -0.15) is 13.2 Å². The van der Waals surface area contributed by atoms with Crippen LogP contribution in [0.3, 0.4) is 0 Å². The molecule has 0 aliphatic heterocycles. The van der Waals surface area contributed by atoms with Gasteiger partial charge in [0, 0.05) is 35.7 Å². The number of carbonyl (C=O) groups excluding carboxylic acids is 2. The van der Waals surface area contributed by atoms with Crippen LogP contribution in [0.15, 0.2) is 60.8 Å². The maximum atomic E-state index is 14.2. The van der Waals surface area contributed by atoms with Gasteiger partial charge in [0.05, 0.1) is 7.11 Å². The number of carbonyl (C=O) groups is 2. The minimum atomic E-state index is -5.16. The van der Waals surface area contributed by atoms with Gasteiger partial charge in [-0.1, -0.05) is 55.5 Å². The first kappa shape index (κ1) is 23.3. The molecule has 0 amide bonds. The lowest BCUT2D eigenvalue weighted by atomic mass is 9.91. The van der Waals surface area contributed by atoms with Crippen LogP contribution in [0, 0.1) is 0 Å². The molecule has 0 saturated heterocycles. The third-order valence-electron chi connectivity index (χ3n) is 5.41. The number of esters is 2. The lowest BCUT2D eigenvalue weighted by Gasteiger charge is -2.34. The van der Waals surface area contributed by atoms with Crippen molar-refractivity contribution in [2.75, 3.05) is 14.2 Å². The van der Waals surface area contributed by atoms with E-state index in [1.807, 2.05) is 0 Å². The first-order valence-corrected chi connectivity index (χ1v) is 9.69. The van der Waals surface area contributed by atoms with E-state index in [1.165, 1.54) is 18.2 Å². The van der Waals surface area contributed by atoms with Crippen LogP contribution in [-0.4, -0.2) is 43.4 Å². The van der Waals surface area contributed by atoms with Crippen LogP contribution in [0.1, 0.15) is 24.0 Å². The van der Waals surface area contributed by atoms with Crippen LogP contribution in [0.2, 0.25) is 0 Å². The fourth-order valence-electron chi connectivity index (χ4n) is 3.69. The van der Waals surface area contributed by atoms with E-state index in [-0.39, 0.29) is 0 Å². The number of para-hydroxylation sites is 1. The van der Waals surface area contributed by atoms with Crippen LogP contribution in [0.4, 0.5) is 13.2 Å². The molecule has 9 heteroatoms. The van der Waals surface area contributed by atoms with E-state index in [9.17, 15) is 22.8 Å². The average molecular weight is 449 g/mol. The van der Waals surface area contributed by atoms with Gasteiger partial charge >= 0.3 is 18.1 Å². The number of rotatable bonds is 7. The van der Waals surface area contributed by atoms with Gasteiger partial charge in [0.1, 0.15) is 0 Å². The Morgan fingerprint density at radius 3 is 2.19 bits per heavy atom. The van der Waals surface area contributed by atoms with Crippen molar-refractivity contribution in [3.63, 3.8) is 0 Å². The lowest BCUT2D eigenvalue weighted by molar-refractivity contribution is -0.278. The van der Waals surface area contributed by atoms with E-state index < -0.39 is 41.3 Å². The zero-order valence-corrected chi connectivity index (χ0v) is 17.6. The van der Waals surface area contributed by atoms with Crippen molar-refractivity contribution in [2.24, 2.45) is 0 Å². The lowest BCUT2D eigenvalue weighted by Crippen LogP contribution is -2.53. The molecule has 170 valence electrons. The summed E-state index contributed by atoms with van der Waals surface area (Å²) in [6, 6.07) is 13.6. The van der Waals surface area contributed by atoms with Crippen LogP contribution in [-0.2, 0) is 29.4 Å². The topological polar surface area (TPSA) is 77.6 Å². The Hall–Kier alpha value is -3.33. The molecule has 0 saturated carbocycles. The minimum Gasteiger partial charge on any atom is -0.466 e. The number of H-pyrrole nitrogens is 1. The molecule has 0 bridgehead atoms. The van der Waals surface area contributed by atoms with E-state index in [2.05, 4.69) is 4.98 Å². The summed E-state index contributed by atoms with van der Waals surface area (Å²) in [4.78, 5) is 28.5. The Balaban J connectivity index is 2.04. The number of benzene rings is 2. The Labute approximate surface area is 182 Å². The van der Waals surface area contributed by atoms with Crippen LogP contribution in [0.25, 0.3) is 10.9 Å². The number of hydrogen-bond donors (Lipinski definition) is 1. The highest BCUT2D eigenvalue weighted by Crippen LogP contribution is 2.44. The van der Waals surface area contributed by atoms with Gasteiger partial charge in [0.2, 0.25) is 6.10 Å². The Morgan fingerprint density at radius 1 is 0.969 bits per heavy atom. The molecule has 0 aliphatic rings. The second-order valence-electron chi connectivity index (χ2n) is 7.18. The molecule has 0 fully saturated rings. The highest BCUT2D eigenvalue weighted by Gasteiger charge is 2.64. The first-order valence-electron chi connectivity index (χ1n) is 9.69. The second-order valence-corrected chi connectivity index (χ2v) is 7.18. The number of fused-ring (bicyclic) bond motifs is 1. The molecule has 32 heavy (non-hydrogen) atoms. The molecule has 6 nitrogen and oxygen atoms in total. The average Bonchev–Trinajstić information content (AvgIpc) is 3.21. The van der Waals surface area contributed by atoms with Gasteiger partial charge in [-0.3, -0.25) is 0 Å². The van der Waals surface area contributed by atoms with E-state index >= 15 is 0 Å². The van der Waals surface area contributed by atoms with Gasteiger partial charge in [0.15, 0.2) is 0 Å². The number of aromatic nitrogens is 1. The second kappa shape index (κ2) is 9.04. The molecular formula is C23H22F3NO5. The van der Waals surface area contributed by atoms with E-state index in [0.29, 0.717) is 5.56 Å². The molecule has 2 aromatic carbocycles. The number of halogens is 3. The van der Waals surface area contributed by atoms with Crippen LogP contribution in [0.5, 0.6) is 0 Å². The summed E-state index contributed by atoms with van der Waals surface area (Å²) in [7, 11) is 1.83. The highest BCUT2D eigenvalue weighted by molar-refractivity contribution is 5.88. The maximum absolute atomic E-state index is 14.2. The molecule has 0 spiro atoms. The zero-order valence-electron chi connectivity index (χ0n) is 17.6. The van der Waals surface area contributed by atoms with Crippen molar-refractivity contribution < 1.29 is 37.0 Å². The molecular weight excluding hydrogens is 427 g/mol. The fourth-order valence-corrected chi connectivity index (χ4v) is 3.69. The highest BCUT2D eigenvalue weighted by atomic mass is 19.4. The van der Waals surface area contributed by atoms with E-state index in [4.69, 9.17) is 14.2 Å². The van der Waals surface area contributed by atoms with Gasteiger partial charge in [-0.25, -0.2) is 9.59 Å². The number of alkyl halides is 3. The zero-order chi connectivity index (χ0) is 23.5. The summed E-state index contributed by atoms with van der Waals surface area (Å²) in [6.07, 6.45) is -5.19. The summed E-state index contributed by atoms with van der Waals surface area (Å²) in [5.41, 5.74) is -2.54. The van der Waals surface area contributed by atoms with Gasteiger partial charge < -0.3 is 19.2 Å². The van der Waals surface area contributed by atoms with Crippen molar-refractivity contribution in [2.45, 2.75) is 30.7 Å². The van der Waals surface area contributed by atoms with E-state index in [1.54, 1.807) is 37.4 Å². The summed E-state index contributed by atoms with van der Waals surface area (Å²) < 4.78 is 57.2. The molecule has 1 aromatic heterocycles. The number of ether oxygens (including phenoxy) is 3. The molecule has 3 rings (SSSR count). The Kier molecular flexibility index (Phi) is 6.59. The third kappa shape index (κ3) is 3.95. The largest absolute Gasteiger partial charge is 0.466 e. The van der Waals surface area contributed by atoms with Gasteiger partial charge in [-0.15, -0.1) is 0 Å². The SMILES string of the molecule is COC(=O)[C@@H](OC(=O)[C@](OC)(c1ccccc1)C(F)(F)F)[C@H](C)c1c[nH]c2ccccc12. The predicted molar refractivity (Wildman–Crippen MR) is 110 cm³/mol. The van der Waals surface area contributed by atoms with Gasteiger partial charge in [0.25, 0.3) is 5.60 Å². The predicted octanol–water partition coefficient (Wildman–Crippen LogP) is 4.46. The van der Waals surface area contributed by atoms with Crippen molar-refractivity contribution in [3.8, 4) is 0 Å². The van der Waals surface area contributed by atoms with Crippen molar-refractivity contribution in [3.05, 3.63) is 71.9 Å². The van der Waals surface area contributed by atoms with Crippen LogP contribution < -0.4 is 0 Å². The standard InChI is InChI=1S/C23H22F3NO5/c1-14(17-13-27-18-12-8-7-11-16(17)18)19(20(28)30-2)32-21(29)22(31-3,23(24,25)26)15-9-5-4-6-10-15/h4-14,19,27H,1-3H3/t14-,19+,22-/m1/s1. The third-order valence-corrected chi connectivity index (χ3v) is 5.41. The summed E-state index contributed by atoms with van der Waals surface area (Å²) in [5.74, 6) is -3.57. The van der Waals surface area contributed by atoms with Crippen molar-refractivity contribution in [1.82, 2.24) is 4.98 Å². The summed E-state index contributed by atoms with van der Waals surface area (Å²) in [5, 5.41) is 0.738. The van der Waals surface area contributed by atoms with Crippen molar-refractivity contribution in [1.29, 1.82) is 0 Å². The summed E-state index contributed by atoms with van der Waals surface area (Å²) >= 11 is 0. The normalized spacial score (nSPS) is 15.6. The minimum absolute atomic E-state index is 0.469. The first-order chi connectivity index (χ1) is 15.2. The number of methoxy groups -OCH3 is 2. The Bertz CT molecular complexity index is 1100. The number of aromatic amines is 1. The molecule has 0 unspecified atom stereocenters. The summed E-state index contributed by atoms with van der Waals surface area (Å²) in [6.45, 7) is 1.56. The Morgan fingerprint density at radius 2 is 1.59 bits per heavy atom. The monoisotopic (exact) mass is 449 g/mol. The fraction of sp³-hybridized carbons (Fsp3) is 0.304. The molecule has 1 N–H and O–H groups in total. The molecule has 0 aliphatic carbocycles. The number of nitrogens with one attached hydrogen (secondary N) is 1. The van der Waals surface area contributed by atoms with Crippen molar-refractivity contribution >= 4 is 22.8 Å².